The number of nitrogens with zero attached hydrogens (tertiary/aromatic N) is 4. The Kier molecular flexibility index (Phi) is 8.62. The van der Waals surface area contributed by atoms with E-state index in [2.05, 4.69) is 0 Å². The second-order valence-corrected chi connectivity index (χ2v) is 13.8. The van der Waals surface area contributed by atoms with E-state index in [0.717, 1.165) is 42.5 Å². The van der Waals surface area contributed by atoms with Crippen molar-refractivity contribution < 1.29 is 28.5 Å². The lowest BCUT2D eigenvalue weighted by molar-refractivity contribution is 0.0203. The predicted octanol–water partition coefficient (Wildman–Crippen LogP) is 7.32. The summed E-state index contributed by atoms with van der Waals surface area (Å²) in [5.41, 5.74) is 2.89. The zero-order valence-corrected chi connectivity index (χ0v) is 26.9. The van der Waals surface area contributed by atoms with E-state index < -0.39 is 17.3 Å². The van der Waals surface area contributed by atoms with Crippen LogP contribution in [0.4, 0.5) is 21.1 Å². The van der Waals surface area contributed by atoms with Gasteiger partial charge in [-0.3, -0.25) is 4.98 Å². The minimum absolute atomic E-state index is 0.102. The van der Waals surface area contributed by atoms with Crippen LogP contribution in [0.2, 0.25) is 0 Å². The van der Waals surface area contributed by atoms with Crippen LogP contribution in [0.1, 0.15) is 115 Å². The van der Waals surface area contributed by atoms with Gasteiger partial charge >= 0.3 is 12.2 Å². The van der Waals surface area contributed by atoms with Gasteiger partial charge in [0, 0.05) is 49.7 Å². The van der Waals surface area contributed by atoms with Gasteiger partial charge in [0.2, 0.25) is 0 Å². The second-order valence-electron chi connectivity index (χ2n) is 13.8. The summed E-state index contributed by atoms with van der Waals surface area (Å²) in [7, 11) is 0. The Morgan fingerprint density at radius 2 is 1.56 bits per heavy atom. The minimum atomic E-state index is -0.714. The van der Waals surface area contributed by atoms with Crippen molar-refractivity contribution in [1.29, 1.82) is 0 Å². The average Bonchev–Trinajstić information content (AvgIpc) is 3.06. The predicted molar refractivity (Wildman–Crippen MR) is 163 cm³/mol. The number of likely N-dealkylation sites (tertiary alicyclic amines) is 1. The van der Waals surface area contributed by atoms with Crippen LogP contribution in [0.25, 0.3) is 0 Å². The van der Waals surface area contributed by atoms with E-state index in [4.69, 9.17) is 28.9 Å². The highest BCUT2D eigenvalue weighted by atomic mass is 16.6. The molecule has 10 heteroatoms. The summed E-state index contributed by atoms with van der Waals surface area (Å²) in [5, 5.41) is 0. The van der Waals surface area contributed by atoms with Crippen molar-refractivity contribution in [1.82, 2.24) is 14.9 Å². The Hall–Kier alpha value is -3.40. The van der Waals surface area contributed by atoms with Crippen molar-refractivity contribution >= 4 is 23.7 Å². The first-order chi connectivity index (χ1) is 20.2. The quantitative estimate of drug-likeness (QED) is 0.356. The van der Waals surface area contributed by atoms with Crippen molar-refractivity contribution in [2.24, 2.45) is 0 Å². The molecule has 234 valence electrons. The van der Waals surface area contributed by atoms with Gasteiger partial charge in [-0.1, -0.05) is 0 Å². The zero-order chi connectivity index (χ0) is 31.1. The van der Waals surface area contributed by atoms with Gasteiger partial charge in [0.05, 0.1) is 11.4 Å². The number of aromatic nitrogens is 2. The molecule has 10 nitrogen and oxygen atoms in total. The van der Waals surface area contributed by atoms with Crippen molar-refractivity contribution in [3.8, 4) is 5.75 Å². The van der Waals surface area contributed by atoms with Crippen LogP contribution in [-0.2, 0) is 14.2 Å². The molecular weight excluding hydrogens is 548 g/mol. The normalized spacial score (nSPS) is 20.0. The highest BCUT2D eigenvalue weighted by molar-refractivity contribution is 5.98. The molecule has 2 saturated heterocycles. The maximum absolute atomic E-state index is 14.0. The molecule has 5 rings (SSSR count). The van der Waals surface area contributed by atoms with Gasteiger partial charge in [0.15, 0.2) is 5.75 Å². The van der Waals surface area contributed by atoms with E-state index in [1.165, 1.54) is 0 Å². The minimum Gasteiger partial charge on any atom is -0.482 e. The first-order valence-corrected chi connectivity index (χ1v) is 15.5. The van der Waals surface area contributed by atoms with Crippen LogP contribution in [0, 0.1) is 6.92 Å². The standard InChI is InChI=1S/C33H46N4O6/c1-20-28-26(19-25(35-20)23-10-15-36(16-11-23)30(38)42-32(3,4)5)37(31(39)43-33(6,7)8)29-27(21(2)41-28)24(9-14-34-29)22-12-17-40-18-13-22/h9,14,19,21-23H,10-13,15-18H2,1-8H3. The van der Waals surface area contributed by atoms with Gasteiger partial charge in [-0.15, -0.1) is 0 Å². The number of pyridine rings is 2. The number of amides is 2. The number of hydrogen-bond donors (Lipinski definition) is 0. The van der Waals surface area contributed by atoms with Crippen LogP contribution in [0.5, 0.6) is 5.75 Å². The van der Waals surface area contributed by atoms with Gasteiger partial charge in [-0.05, 0) is 105 Å². The molecule has 0 saturated carbocycles. The van der Waals surface area contributed by atoms with Crippen LogP contribution in [0.3, 0.4) is 0 Å². The van der Waals surface area contributed by atoms with Crippen LogP contribution in [-0.4, -0.2) is 64.6 Å². The van der Waals surface area contributed by atoms with Gasteiger partial charge in [-0.2, -0.15) is 0 Å². The van der Waals surface area contributed by atoms with Crippen LogP contribution in [0.15, 0.2) is 18.3 Å². The summed E-state index contributed by atoms with van der Waals surface area (Å²) in [4.78, 5) is 39.8. The molecule has 0 aliphatic carbocycles. The molecule has 5 heterocycles. The third-order valence-electron chi connectivity index (χ3n) is 8.10. The first kappa shape index (κ1) is 31.0. The molecule has 0 N–H and O–H groups in total. The van der Waals surface area contributed by atoms with Gasteiger partial charge in [0.1, 0.15) is 23.1 Å². The van der Waals surface area contributed by atoms with Crippen molar-refractivity contribution in [2.45, 2.75) is 110 Å². The number of anilines is 2. The summed E-state index contributed by atoms with van der Waals surface area (Å²) >= 11 is 0. The van der Waals surface area contributed by atoms with E-state index in [9.17, 15) is 9.59 Å². The Balaban J connectivity index is 1.54. The van der Waals surface area contributed by atoms with Crippen LogP contribution >= 0.6 is 0 Å². The molecule has 2 amide bonds. The third kappa shape index (κ3) is 6.89. The van der Waals surface area contributed by atoms with Gasteiger partial charge in [0.25, 0.3) is 0 Å². The van der Waals surface area contributed by atoms with Crippen molar-refractivity contribution in [3.05, 3.63) is 40.8 Å². The van der Waals surface area contributed by atoms with Crippen molar-refractivity contribution in [3.63, 3.8) is 0 Å². The molecule has 1 atom stereocenters. The number of aryl methyl sites for hydroxylation is 1. The number of piperidine rings is 1. The lowest BCUT2D eigenvalue weighted by atomic mass is 9.87. The van der Waals surface area contributed by atoms with Gasteiger partial charge < -0.3 is 23.8 Å². The van der Waals surface area contributed by atoms with E-state index in [1.54, 1.807) is 16.0 Å². The number of carbonyl (C=O) groups is 2. The summed E-state index contributed by atoms with van der Waals surface area (Å²) in [6.07, 6.45) is 3.87. The molecule has 0 bridgehead atoms. The van der Waals surface area contributed by atoms with Gasteiger partial charge in [-0.25, -0.2) is 19.5 Å². The number of hydrogen-bond acceptors (Lipinski definition) is 8. The summed E-state index contributed by atoms with van der Waals surface area (Å²) < 4.78 is 23.8. The molecular formula is C33H46N4O6. The highest BCUT2D eigenvalue weighted by Gasteiger charge is 2.39. The fourth-order valence-electron chi connectivity index (χ4n) is 6.15. The summed E-state index contributed by atoms with van der Waals surface area (Å²) in [5.74, 6) is 1.46. The maximum atomic E-state index is 14.0. The smallest absolute Gasteiger partial charge is 0.420 e. The van der Waals surface area contributed by atoms with E-state index in [0.29, 0.717) is 49.3 Å². The fourth-order valence-corrected chi connectivity index (χ4v) is 6.15. The topological polar surface area (TPSA) is 103 Å². The largest absolute Gasteiger partial charge is 0.482 e. The summed E-state index contributed by atoms with van der Waals surface area (Å²) in [6, 6.07) is 4.00. The molecule has 2 aromatic heterocycles. The SMILES string of the molecule is Cc1nc(C2CCN(C(=O)OC(C)(C)C)CC2)cc2c1OC(C)c1c(C3CCOCC3)ccnc1N2C(=O)OC(C)(C)C. The average molecular weight is 595 g/mol. The fraction of sp³-hybridized carbons (Fsp3) is 0.636. The monoisotopic (exact) mass is 594 g/mol. The highest BCUT2D eigenvalue weighted by Crippen LogP contribution is 2.48. The number of rotatable bonds is 2. The van der Waals surface area contributed by atoms with E-state index in [1.807, 2.05) is 67.5 Å². The maximum Gasteiger partial charge on any atom is 0.420 e. The molecule has 2 fully saturated rings. The van der Waals surface area contributed by atoms with Crippen LogP contribution < -0.4 is 9.64 Å². The first-order valence-electron chi connectivity index (χ1n) is 15.5. The number of fused-ring (bicyclic) bond motifs is 2. The Morgan fingerprint density at radius 1 is 0.930 bits per heavy atom. The second kappa shape index (κ2) is 11.9. The molecule has 0 spiro atoms. The Labute approximate surface area is 255 Å². The molecule has 0 aromatic carbocycles. The number of carbonyl (C=O) groups excluding carboxylic acids is 2. The lowest BCUT2D eigenvalue weighted by Gasteiger charge is -2.34. The Bertz CT molecular complexity index is 1350. The van der Waals surface area contributed by atoms with E-state index in [-0.39, 0.29) is 24.0 Å². The molecule has 0 radical (unpaired) electrons. The summed E-state index contributed by atoms with van der Waals surface area (Å²) in [6.45, 7) is 17.7. The molecule has 3 aliphatic heterocycles. The third-order valence-corrected chi connectivity index (χ3v) is 8.10. The molecule has 3 aliphatic rings. The molecule has 1 unspecified atom stereocenters. The Morgan fingerprint density at radius 3 is 2.19 bits per heavy atom. The van der Waals surface area contributed by atoms with Crippen molar-refractivity contribution in [2.75, 3.05) is 31.2 Å². The molecule has 43 heavy (non-hydrogen) atoms. The zero-order valence-electron chi connectivity index (χ0n) is 26.9. The molecule has 2 aromatic rings. The van der Waals surface area contributed by atoms with E-state index >= 15 is 0 Å². The number of ether oxygens (including phenoxy) is 4. The lowest BCUT2D eigenvalue weighted by Crippen LogP contribution is -2.41.